The summed E-state index contributed by atoms with van der Waals surface area (Å²) in [6.07, 6.45) is 2.83. The molecule has 1 heterocycles. The zero-order valence-electron chi connectivity index (χ0n) is 15.2. The smallest absolute Gasteiger partial charge is 0.211 e. The van der Waals surface area contributed by atoms with Gasteiger partial charge >= 0.3 is 0 Å². The van der Waals surface area contributed by atoms with Crippen molar-refractivity contribution in [2.45, 2.75) is 24.3 Å². The standard InChI is InChI=1S/C20H23NO4S/c1-24-17-8-5-15(6-9-17)20-12-16(21(13-20)26(3,22)23)10-14-4-7-18(25-2)11-19(14)20/h4-9,11,16H,10,12-13H2,1-3H3/t16-,20+/m1/s1. The molecule has 1 saturated heterocycles. The molecule has 0 saturated carbocycles. The Balaban J connectivity index is 1.91. The van der Waals surface area contributed by atoms with Gasteiger partial charge in [0.15, 0.2) is 0 Å². The first kappa shape index (κ1) is 17.4. The van der Waals surface area contributed by atoms with Crippen molar-refractivity contribution in [2.75, 3.05) is 27.0 Å². The molecule has 2 aromatic rings. The van der Waals surface area contributed by atoms with E-state index in [4.69, 9.17) is 9.47 Å². The van der Waals surface area contributed by atoms with Crippen LogP contribution in [0.5, 0.6) is 11.5 Å². The lowest BCUT2D eigenvalue weighted by Gasteiger charge is -2.35. The first-order valence-corrected chi connectivity index (χ1v) is 10.5. The number of methoxy groups -OCH3 is 2. The minimum Gasteiger partial charge on any atom is -0.497 e. The number of hydrogen-bond donors (Lipinski definition) is 0. The van der Waals surface area contributed by atoms with Crippen LogP contribution in [-0.2, 0) is 21.9 Å². The summed E-state index contributed by atoms with van der Waals surface area (Å²) in [7, 11) is 0.0298. The van der Waals surface area contributed by atoms with E-state index >= 15 is 0 Å². The maximum absolute atomic E-state index is 12.4. The molecule has 2 bridgehead atoms. The Bertz CT molecular complexity index is 939. The average Bonchev–Trinajstić information content (AvgIpc) is 2.97. The van der Waals surface area contributed by atoms with Gasteiger partial charge in [-0.1, -0.05) is 18.2 Å². The molecule has 1 aliphatic heterocycles. The molecule has 0 amide bonds. The molecule has 0 spiro atoms. The van der Waals surface area contributed by atoms with E-state index in [0.717, 1.165) is 29.9 Å². The SMILES string of the molecule is COc1ccc([C@@]23C[C@@H](Cc4ccc(OC)cc42)N(S(C)(=O)=O)C3)cc1. The number of ether oxygens (including phenoxy) is 2. The van der Waals surface area contributed by atoms with E-state index in [2.05, 4.69) is 24.3 Å². The van der Waals surface area contributed by atoms with Crippen molar-refractivity contribution >= 4 is 10.0 Å². The van der Waals surface area contributed by atoms with Gasteiger partial charge in [0.1, 0.15) is 11.5 Å². The summed E-state index contributed by atoms with van der Waals surface area (Å²) in [5, 5.41) is 0. The van der Waals surface area contributed by atoms with Gasteiger partial charge in [-0.15, -0.1) is 0 Å². The summed E-state index contributed by atoms with van der Waals surface area (Å²) in [6, 6.07) is 14.1. The van der Waals surface area contributed by atoms with Gasteiger partial charge in [-0.25, -0.2) is 8.42 Å². The lowest BCUT2D eigenvalue weighted by molar-refractivity contribution is 0.389. The molecule has 0 aromatic heterocycles. The Hall–Kier alpha value is -2.05. The summed E-state index contributed by atoms with van der Waals surface area (Å²) < 4.78 is 37.2. The number of fused-ring (bicyclic) bond motifs is 4. The van der Waals surface area contributed by atoms with Crippen LogP contribution in [0.3, 0.4) is 0 Å². The van der Waals surface area contributed by atoms with Crippen LogP contribution < -0.4 is 9.47 Å². The Kier molecular flexibility index (Phi) is 4.00. The number of rotatable bonds is 4. The molecular weight excluding hydrogens is 350 g/mol. The molecule has 0 radical (unpaired) electrons. The molecule has 26 heavy (non-hydrogen) atoms. The number of sulfonamides is 1. The van der Waals surface area contributed by atoms with Gasteiger partial charge in [0.2, 0.25) is 10.0 Å². The lowest BCUT2D eigenvalue weighted by Crippen LogP contribution is -2.35. The van der Waals surface area contributed by atoms with Crippen LogP contribution in [0.25, 0.3) is 0 Å². The van der Waals surface area contributed by atoms with Crippen LogP contribution in [0, 0.1) is 0 Å². The molecule has 2 atom stereocenters. The quantitative estimate of drug-likeness (QED) is 0.827. The van der Waals surface area contributed by atoms with E-state index in [0.29, 0.717) is 6.54 Å². The monoisotopic (exact) mass is 373 g/mol. The number of nitrogens with zero attached hydrogens (tertiary/aromatic N) is 1. The third kappa shape index (κ3) is 2.59. The van der Waals surface area contributed by atoms with Gasteiger partial charge in [0.25, 0.3) is 0 Å². The second-order valence-electron chi connectivity index (χ2n) is 7.20. The molecule has 5 nitrogen and oxygen atoms in total. The fraction of sp³-hybridized carbons (Fsp3) is 0.400. The fourth-order valence-electron chi connectivity index (χ4n) is 4.56. The first-order chi connectivity index (χ1) is 12.4. The predicted molar refractivity (Wildman–Crippen MR) is 100 cm³/mol. The Labute approximate surface area is 154 Å². The van der Waals surface area contributed by atoms with E-state index in [1.165, 1.54) is 17.4 Å². The van der Waals surface area contributed by atoms with E-state index in [1.54, 1.807) is 18.5 Å². The van der Waals surface area contributed by atoms with Gasteiger partial charge < -0.3 is 9.47 Å². The number of benzene rings is 2. The third-order valence-electron chi connectivity index (χ3n) is 5.77. The Morgan fingerprint density at radius 2 is 1.69 bits per heavy atom. The van der Waals surface area contributed by atoms with Crippen LogP contribution >= 0.6 is 0 Å². The minimum atomic E-state index is -3.27. The van der Waals surface area contributed by atoms with Crippen LogP contribution in [0.2, 0.25) is 0 Å². The van der Waals surface area contributed by atoms with Gasteiger partial charge in [-0.05, 0) is 53.8 Å². The van der Waals surface area contributed by atoms with Gasteiger partial charge in [0, 0.05) is 18.0 Å². The maximum atomic E-state index is 12.4. The third-order valence-corrected chi connectivity index (χ3v) is 7.05. The first-order valence-electron chi connectivity index (χ1n) is 8.66. The van der Waals surface area contributed by atoms with Crippen molar-refractivity contribution < 1.29 is 17.9 Å². The highest BCUT2D eigenvalue weighted by molar-refractivity contribution is 7.88. The van der Waals surface area contributed by atoms with Crippen molar-refractivity contribution in [3.05, 3.63) is 59.2 Å². The summed E-state index contributed by atoms with van der Waals surface area (Å²) in [5.74, 6) is 1.59. The maximum Gasteiger partial charge on any atom is 0.211 e. The minimum absolute atomic E-state index is 0.00648. The van der Waals surface area contributed by atoms with Crippen molar-refractivity contribution in [1.82, 2.24) is 4.31 Å². The zero-order chi connectivity index (χ0) is 18.5. The molecule has 0 N–H and O–H groups in total. The molecular formula is C20H23NO4S. The average molecular weight is 373 g/mol. The second-order valence-corrected chi connectivity index (χ2v) is 9.14. The molecule has 4 rings (SSSR count). The topological polar surface area (TPSA) is 55.8 Å². The van der Waals surface area contributed by atoms with Crippen LogP contribution in [0.15, 0.2) is 42.5 Å². The van der Waals surface area contributed by atoms with E-state index in [1.807, 2.05) is 18.2 Å². The molecule has 1 aliphatic carbocycles. The Morgan fingerprint density at radius 1 is 1.04 bits per heavy atom. The predicted octanol–water partition coefficient (Wildman–Crippen LogP) is 2.58. The van der Waals surface area contributed by atoms with Crippen LogP contribution in [-0.4, -0.2) is 45.8 Å². The highest BCUT2D eigenvalue weighted by atomic mass is 32.2. The molecule has 2 aliphatic rings. The van der Waals surface area contributed by atoms with Gasteiger partial charge in [-0.2, -0.15) is 4.31 Å². The lowest BCUT2D eigenvalue weighted by atomic mass is 9.67. The van der Waals surface area contributed by atoms with Crippen LogP contribution in [0.1, 0.15) is 23.1 Å². The normalized spacial score (nSPS) is 25.0. The van der Waals surface area contributed by atoms with Crippen LogP contribution in [0.4, 0.5) is 0 Å². The van der Waals surface area contributed by atoms with Crippen molar-refractivity contribution in [1.29, 1.82) is 0 Å². The molecule has 6 heteroatoms. The van der Waals surface area contributed by atoms with Gasteiger partial charge in [0.05, 0.1) is 20.5 Å². The van der Waals surface area contributed by atoms with Gasteiger partial charge in [-0.3, -0.25) is 0 Å². The molecule has 1 fully saturated rings. The summed E-state index contributed by atoms with van der Waals surface area (Å²) in [6.45, 7) is 0.461. The highest BCUT2D eigenvalue weighted by Gasteiger charge is 2.53. The van der Waals surface area contributed by atoms with E-state index in [-0.39, 0.29) is 11.5 Å². The molecule has 138 valence electrons. The Morgan fingerprint density at radius 3 is 2.31 bits per heavy atom. The summed E-state index contributed by atoms with van der Waals surface area (Å²) in [5.41, 5.74) is 3.12. The van der Waals surface area contributed by atoms with Crippen molar-refractivity contribution in [3.63, 3.8) is 0 Å². The van der Waals surface area contributed by atoms with Crippen molar-refractivity contribution in [3.8, 4) is 11.5 Å². The van der Waals surface area contributed by atoms with Crippen molar-refractivity contribution in [2.24, 2.45) is 0 Å². The molecule has 0 unspecified atom stereocenters. The van der Waals surface area contributed by atoms with E-state index < -0.39 is 10.0 Å². The second kappa shape index (κ2) is 5.99. The van der Waals surface area contributed by atoms with E-state index in [9.17, 15) is 8.42 Å². The largest absolute Gasteiger partial charge is 0.497 e. The highest BCUT2D eigenvalue weighted by Crippen LogP contribution is 2.51. The summed E-state index contributed by atoms with van der Waals surface area (Å²) >= 11 is 0. The zero-order valence-corrected chi connectivity index (χ0v) is 16.0. The summed E-state index contributed by atoms with van der Waals surface area (Å²) in [4.78, 5) is 0. The fourth-order valence-corrected chi connectivity index (χ4v) is 5.70. The number of hydrogen-bond acceptors (Lipinski definition) is 4. The molecule has 2 aromatic carbocycles.